The maximum Gasteiger partial charge on any atom is 0.254 e. The maximum atomic E-state index is 13.0. The highest BCUT2D eigenvalue weighted by Crippen LogP contribution is 2.17. The molecule has 1 aromatic rings. The van der Waals surface area contributed by atoms with Crippen molar-refractivity contribution < 1.29 is 18.0 Å². The van der Waals surface area contributed by atoms with E-state index in [1.54, 1.807) is 0 Å². The van der Waals surface area contributed by atoms with Gasteiger partial charge in [-0.3, -0.25) is 4.79 Å². The number of hydrogen-bond acceptors (Lipinski definition) is 2. The Hall–Kier alpha value is -1.56. The van der Waals surface area contributed by atoms with Crippen LogP contribution in [0.15, 0.2) is 12.1 Å². The van der Waals surface area contributed by atoms with Crippen molar-refractivity contribution in [2.24, 2.45) is 5.73 Å². The molecule has 1 saturated heterocycles. The minimum absolute atomic E-state index is 0.117. The molecule has 0 radical (unpaired) electrons. The third-order valence-electron chi connectivity index (χ3n) is 2.74. The molecule has 1 atom stereocenters. The first-order valence-corrected chi connectivity index (χ1v) is 5.18. The fourth-order valence-electron chi connectivity index (χ4n) is 1.83. The van der Waals surface area contributed by atoms with Crippen molar-refractivity contribution in [1.82, 2.24) is 4.90 Å². The van der Waals surface area contributed by atoms with Crippen molar-refractivity contribution in [2.75, 3.05) is 13.1 Å². The molecule has 0 aliphatic carbocycles. The van der Waals surface area contributed by atoms with Gasteiger partial charge in [0.25, 0.3) is 5.91 Å². The number of benzene rings is 1. The van der Waals surface area contributed by atoms with Crippen molar-refractivity contribution in [1.29, 1.82) is 0 Å². The lowest BCUT2D eigenvalue weighted by Crippen LogP contribution is -2.32. The van der Waals surface area contributed by atoms with Gasteiger partial charge >= 0.3 is 0 Å². The first-order valence-electron chi connectivity index (χ1n) is 5.18. The molecule has 3 nitrogen and oxygen atoms in total. The Bertz CT molecular complexity index is 441. The second-order valence-electron chi connectivity index (χ2n) is 4.05. The fourth-order valence-corrected chi connectivity index (χ4v) is 1.83. The van der Waals surface area contributed by atoms with Crippen molar-refractivity contribution in [3.05, 3.63) is 35.1 Å². The van der Waals surface area contributed by atoms with E-state index in [1.165, 1.54) is 4.90 Å². The Morgan fingerprint density at radius 1 is 1.29 bits per heavy atom. The van der Waals surface area contributed by atoms with Crippen molar-refractivity contribution in [3.63, 3.8) is 0 Å². The molecule has 1 aromatic carbocycles. The van der Waals surface area contributed by atoms with Gasteiger partial charge in [-0.25, -0.2) is 13.2 Å². The number of nitrogens with two attached hydrogens (primary N) is 1. The molecule has 2 rings (SSSR count). The second kappa shape index (κ2) is 4.37. The lowest BCUT2D eigenvalue weighted by atomic mass is 10.2. The summed E-state index contributed by atoms with van der Waals surface area (Å²) in [6.07, 6.45) is 0.651. The lowest BCUT2D eigenvalue weighted by Gasteiger charge is -2.15. The Morgan fingerprint density at radius 3 is 2.35 bits per heavy atom. The predicted molar refractivity (Wildman–Crippen MR) is 54.8 cm³/mol. The van der Waals surface area contributed by atoms with Crippen LogP contribution in [0.25, 0.3) is 0 Å². The third-order valence-corrected chi connectivity index (χ3v) is 2.74. The largest absolute Gasteiger partial charge is 0.337 e. The second-order valence-corrected chi connectivity index (χ2v) is 4.05. The summed E-state index contributed by atoms with van der Waals surface area (Å²) in [5.41, 5.74) is 5.42. The van der Waals surface area contributed by atoms with Crippen LogP contribution < -0.4 is 5.73 Å². The summed E-state index contributed by atoms with van der Waals surface area (Å²) in [7, 11) is 0. The van der Waals surface area contributed by atoms with Gasteiger partial charge in [0.05, 0.1) is 0 Å². The molecule has 1 aliphatic rings. The Morgan fingerprint density at radius 2 is 1.88 bits per heavy atom. The van der Waals surface area contributed by atoms with E-state index in [2.05, 4.69) is 0 Å². The lowest BCUT2D eigenvalue weighted by molar-refractivity contribution is 0.0789. The molecule has 0 spiro atoms. The normalized spacial score (nSPS) is 19.8. The summed E-state index contributed by atoms with van der Waals surface area (Å²) in [5, 5.41) is 0. The van der Waals surface area contributed by atoms with E-state index >= 15 is 0 Å². The van der Waals surface area contributed by atoms with Crippen molar-refractivity contribution in [2.45, 2.75) is 12.5 Å². The van der Waals surface area contributed by atoms with Gasteiger partial charge in [0.2, 0.25) is 0 Å². The highest BCUT2D eigenvalue weighted by molar-refractivity contribution is 5.94. The standard InChI is InChI=1S/C11H11F3N2O/c12-8-3-6(4-9(13)10(8)14)11(17)16-2-1-7(15)5-16/h3-4,7H,1-2,5,15H2/t7-/m0/s1. The van der Waals surface area contributed by atoms with Crippen molar-refractivity contribution in [3.8, 4) is 0 Å². The number of carbonyl (C=O) groups excluding carboxylic acids is 1. The maximum absolute atomic E-state index is 13.0. The molecule has 1 fully saturated rings. The summed E-state index contributed by atoms with van der Waals surface area (Å²) in [4.78, 5) is 13.2. The minimum Gasteiger partial charge on any atom is -0.337 e. The highest BCUT2D eigenvalue weighted by atomic mass is 19.2. The summed E-state index contributed by atoms with van der Waals surface area (Å²) in [6.45, 7) is 0.792. The molecular weight excluding hydrogens is 233 g/mol. The van der Waals surface area contributed by atoms with E-state index < -0.39 is 23.4 Å². The van der Waals surface area contributed by atoms with Gasteiger partial charge in [0, 0.05) is 24.7 Å². The van der Waals surface area contributed by atoms with Crippen LogP contribution in [0.5, 0.6) is 0 Å². The monoisotopic (exact) mass is 244 g/mol. The zero-order chi connectivity index (χ0) is 12.6. The minimum atomic E-state index is -1.57. The number of rotatable bonds is 1. The van der Waals surface area contributed by atoms with Gasteiger partial charge in [-0.15, -0.1) is 0 Å². The van der Waals surface area contributed by atoms with Crippen LogP contribution in [0.4, 0.5) is 13.2 Å². The first kappa shape index (κ1) is 11.9. The van der Waals surface area contributed by atoms with Gasteiger partial charge in [-0.05, 0) is 18.6 Å². The number of halogens is 3. The van der Waals surface area contributed by atoms with E-state index in [1.807, 2.05) is 0 Å². The molecular formula is C11H11F3N2O. The van der Waals surface area contributed by atoms with Crippen LogP contribution >= 0.6 is 0 Å². The van der Waals surface area contributed by atoms with Crippen molar-refractivity contribution >= 4 is 5.91 Å². The summed E-state index contributed by atoms with van der Waals surface area (Å²) >= 11 is 0. The van der Waals surface area contributed by atoms with E-state index in [-0.39, 0.29) is 11.6 Å². The average molecular weight is 244 g/mol. The van der Waals surface area contributed by atoms with Gasteiger partial charge < -0.3 is 10.6 Å². The summed E-state index contributed by atoms with van der Waals surface area (Å²) in [5.74, 6) is -4.83. The topological polar surface area (TPSA) is 46.3 Å². The van der Waals surface area contributed by atoms with E-state index in [0.29, 0.717) is 31.6 Å². The molecule has 2 N–H and O–H groups in total. The molecule has 6 heteroatoms. The molecule has 1 heterocycles. The number of nitrogens with zero attached hydrogens (tertiary/aromatic N) is 1. The zero-order valence-electron chi connectivity index (χ0n) is 8.92. The van der Waals surface area contributed by atoms with E-state index in [9.17, 15) is 18.0 Å². The summed E-state index contributed by atoms with van der Waals surface area (Å²) in [6, 6.07) is 1.28. The zero-order valence-corrected chi connectivity index (χ0v) is 8.92. The molecule has 0 saturated carbocycles. The highest BCUT2D eigenvalue weighted by Gasteiger charge is 2.26. The van der Waals surface area contributed by atoms with Crippen LogP contribution in [0.2, 0.25) is 0 Å². The van der Waals surface area contributed by atoms with Crippen LogP contribution in [-0.4, -0.2) is 29.9 Å². The molecule has 1 aliphatic heterocycles. The molecule has 1 amide bonds. The quantitative estimate of drug-likeness (QED) is 0.756. The molecule has 92 valence electrons. The SMILES string of the molecule is N[C@H]1CCN(C(=O)c2cc(F)c(F)c(F)c2)C1. The van der Waals surface area contributed by atoms with Crippen LogP contribution in [0.1, 0.15) is 16.8 Å². The van der Waals surface area contributed by atoms with E-state index in [4.69, 9.17) is 5.73 Å². The number of amides is 1. The predicted octanol–water partition coefficient (Wildman–Crippen LogP) is 1.28. The fraction of sp³-hybridized carbons (Fsp3) is 0.364. The molecule has 0 unspecified atom stereocenters. The summed E-state index contributed by atoms with van der Waals surface area (Å²) < 4.78 is 38.6. The average Bonchev–Trinajstić information content (AvgIpc) is 2.71. The molecule has 0 aromatic heterocycles. The number of carbonyl (C=O) groups is 1. The Labute approximate surface area is 96.0 Å². The van der Waals surface area contributed by atoms with Gasteiger partial charge in [0.1, 0.15) is 0 Å². The van der Waals surface area contributed by atoms with Gasteiger partial charge in [-0.1, -0.05) is 0 Å². The van der Waals surface area contributed by atoms with Crippen LogP contribution in [-0.2, 0) is 0 Å². The Kier molecular flexibility index (Phi) is 3.06. The van der Waals surface area contributed by atoms with Gasteiger partial charge in [0.15, 0.2) is 17.5 Å². The van der Waals surface area contributed by atoms with Gasteiger partial charge in [-0.2, -0.15) is 0 Å². The first-order chi connectivity index (χ1) is 7.99. The number of hydrogen-bond donors (Lipinski definition) is 1. The molecule has 17 heavy (non-hydrogen) atoms. The Balaban J connectivity index is 2.25. The third kappa shape index (κ3) is 2.26. The van der Waals surface area contributed by atoms with Crippen LogP contribution in [0, 0.1) is 17.5 Å². The smallest absolute Gasteiger partial charge is 0.254 e. The number of likely N-dealkylation sites (tertiary alicyclic amines) is 1. The van der Waals surface area contributed by atoms with E-state index in [0.717, 1.165) is 0 Å². The van der Waals surface area contributed by atoms with Crippen LogP contribution in [0.3, 0.4) is 0 Å². The molecule has 0 bridgehead atoms.